The molecular formula is C19H30BrFIN3O2. The van der Waals surface area contributed by atoms with Crippen LogP contribution in [0.15, 0.2) is 27.7 Å². The number of nitrogens with one attached hydrogen (secondary N) is 1. The van der Waals surface area contributed by atoms with Crippen molar-refractivity contribution in [1.82, 2.24) is 10.2 Å². The van der Waals surface area contributed by atoms with Crippen LogP contribution in [0.2, 0.25) is 0 Å². The van der Waals surface area contributed by atoms with Gasteiger partial charge in [0.15, 0.2) is 5.96 Å². The van der Waals surface area contributed by atoms with Crippen molar-refractivity contribution in [3.63, 3.8) is 0 Å². The minimum absolute atomic E-state index is 0. The molecule has 0 aliphatic carbocycles. The average Bonchev–Trinajstić information content (AvgIpc) is 2.65. The Kier molecular flexibility index (Phi) is 12.5. The van der Waals surface area contributed by atoms with Gasteiger partial charge in [0, 0.05) is 44.4 Å². The number of halogens is 3. The van der Waals surface area contributed by atoms with Crippen LogP contribution in [0.25, 0.3) is 0 Å². The Morgan fingerprint density at radius 2 is 2.07 bits per heavy atom. The number of rotatable bonds is 8. The Labute approximate surface area is 187 Å². The molecule has 1 aromatic rings. The third kappa shape index (κ3) is 8.62. The number of guanidine groups is 1. The molecule has 1 N–H and O–H groups in total. The Hall–Kier alpha value is -0.450. The number of piperidine rings is 1. The number of hydrogen-bond acceptors (Lipinski definition) is 3. The van der Waals surface area contributed by atoms with Crippen LogP contribution in [-0.2, 0) is 16.0 Å². The molecule has 0 radical (unpaired) electrons. The van der Waals surface area contributed by atoms with Crippen molar-refractivity contribution in [2.45, 2.75) is 38.8 Å². The maximum atomic E-state index is 13.5. The van der Waals surface area contributed by atoms with Gasteiger partial charge in [-0.15, -0.1) is 24.0 Å². The molecule has 0 amide bonds. The third-order valence-corrected chi connectivity index (χ3v) is 5.10. The first-order valence-electron chi connectivity index (χ1n) is 9.21. The lowest BCUT2D eigenvalue weighted by Gasteiger charge is -2.34. The molecule has 1 saturated heterocycles. The second kappa shape index (κ2) is 13.7. The Bertz CT molecular complexity index is 584. The number of likely N-dealkylation sites (tertiary alicyclic amines) is 1. The van der Waals surface area contributed by atoms with Gasteiger partial charge in [-0.25, -0.2) is 9.38 Å². The predicted molar refractivity (Wildman–Crippen MR) is 121 cm³/mol. The summed E-state index contributed by atoms with van der Waals surface area (Å²) >= 11 is 3.46. The highest BCUT2D eigenvalue weighted by Gasteiger charge is 2.21. The molecule has 1 fully saturated rings. The van der Waals surface area contributed by atoms with E-state index >= 15 is 0 Å². The smallest absolute Gasteiger partial charge is 0.194 e. The maximum Gasteiger partial charge on any atom is 0.194 e. The fraction of sp³-hybridized carbons (Fsp3) is 0.632. The highest BCUT2D eigenvalue weighted by molar-refractivity contribution is 14.0. The van der Waals surface area contributed by atoms with E-state index in [-0.39, 0.29) is 29.8 Å². The van der Waals surface area contributed by atoms with Gasteiger partial charge in [-0.1, -0.05) is 15.9 Å². The number of aliphatic imine (C=N–C) groups is 1. The van der Waals surface area contributed by atoms with Crippen LogP contribution in [-0.4, -0.2) is 56.9 Å². The van der Waals surface area contributed by atoms with Crippen LogP contribution in [0.1, 0.15) is 31.7 Å². The Morgan fingerprint density at radius 3 is 2.74 bits per heavy atom. The molecule has 5 nitrogen and oxygen atoms in total. The fourth-order valence-corrected chi connectivity index (χ4v) is 3.31. The molecule has 0 spiro atoms. The van der Waals surface area contributed by atoms with Gasteiger partial charge in [-0.3, -0.25) is 0 Å². The lowest BCUT2D eigenvalue weighted by atomic mass is 10.1. The summed E-state index contributed by atoms with van der Waals surface area (Å²) in [5.74, 6) is 0.635. The van der Waals surface area contributed by atoms with Crippen molar-refractivity contribution in [1.29, 1.82) is 0 Å². The summed E-state index contributed by atoms with van der Waals surface area (Å²) in [6, 6.07) is 4.69. The van der Waals surface area contributed by atoms with Crippen molar-refractivity contribution in [3.8, 4) is 0 Å². The number of hydrogen-bond donors (Lipinski definition) is 1. The summed E-state index contributed by atoms with van der Waals surface area (Å²) in [6.45, 7) is 6.60. The molecule has 0 aromatic heterocycles. The van der Waals surface area contributed by atoms with Gasteiger partial charge in [0.1, 0.15) is 5.82 Å². The zero-order valence-corrected chi connectivity index (χ0v) is 20.0. The third-order valence-electron chi connectivity index (χ3n) is 4.33. The Balaban J connectivity index is 0.00000364. The SMILES string of the molecule is CCNC(=NCc1cc(F)ccc1Br)N1CCC(OCCCOC)CC1.I. The van der Waals surface area contributed by atoms with Crippen molar-refractivity contribution in [3.05, 3.63) is 34.1 Å². The van der Waals surface area contributed by atoms with E-state index in [9.17, 15) is 4.39 Å². The average molecular weight is 558 g/mol. The quantitative estimate of drug-likeness (QED) is 0.225. The topological polar surface area (TPSA) is 46.1 Å². The van der Waals surface area contributed by atoms with Crippen LogP contribution in [0.5, 0.6) is 0 Å². The molecule has 0 bridgehead atoms. The second-order valence-corrected chi connectivity index (χ2v) is 7.16. The zero-order chi connectivity index (χ0) is 18.8. The van der Waals surface area contributed by atoms with Crippen LogP contribution in [0.4, 0.5) is 4.39 Å². The van der Waals surface area contributed by atoms with Crippen molar-refractivity contribution >= 4 is 45.9 Å². The standard InChI is InChI=1S/C19H29BrFN3O2.HI/c1-3-22-19(23-14-15-13-16(21)5-6-18(15)20)24-9-7-17(8-10-24)26-12-4-11-25-2;/h5-6,13,17H,3-4,7-12,14H2,1-2H3,(H,22,23);1H. The Morgan fingerprint density at radius 1 is 1.33 bits per heavy atom. The fourth-order valence-electron chi connectivity index (χ4n) is 2.94. The number of ether oxygens (including phenoxy) is 2. The van der Waals surface area contributed by atoms with Gasteiger partial charge in [0.2, 0.25) is 0 Å². The van der Waals surface area contributed by atoms with E-state index in [1.54, 1.807) is 13.2 Å². The summed E-state index contributed by atoms with van der Waals surface area (Å²) in [5, 5.41) is 3.34. The number of benzene rings is 1. The van der Waals surface area contributed by atoms with E-state index in [0.717, 1.165) is 68.1 Å². The van der Waals surface area contributed by atoms with Gasteiger partial charge in [-0.2, -0.15) is 0 Å². The number of methoxy groups -OCH3 is 1. The molecule has 0 unspecified atom stereocenters. The minimum atomic E-state index is -0.241. The van der Waals surface area contributed by atoms with E-state index < -0.39 is 0 Å². The summed E-state index contributed by atoms with van der Waals surface area (Å²) in [5.41, 5.74) is 0.844. The molecule has 27 heavy (non-hydrogen) atoms. The second-order valence-electron chi connectivity index (χ2n) is 6.31. The normalized spacial score (nSPS) is 15.6. The van der Waals surface area contributed by atoms with Gasteiger partial charge in [0.05, 0.1) is 12.6 Å². The van der Waals surface area contributed by atoms with E-state index in [1.807, 2.05) is 0 Å². The molecule has 0 saturated carbocycles. The molecule has 8 heteroatoms. The summed E-state index contributed by atoms with van der Waals surface area (Å²) in [4.78, 5) is 6.95. The van der Waals surface area contributed by atoms with Crippen LogP contribution < -0.4 is 5.32 Å². The van der Waals surface area contributed by atoms with E-state index in [4.69, 9.17) is 14.5 Å². The first-order chi connectivity index (χ1) is 12.6. The van der Waals surface area contributed by atoms with Gasteiger partial charge in [0.25, 0.3) is 0 Å². The van der Waals surface area contributed by atoms with Crippen LogP contribution in [0, 0.1) is 5.82 Å². The van der Waals surface area contributed by atoms with Crippen LogP contribution >= 0.6 is 39.9 Å². The molecule has 2 rings (SSSR count). The number of nitrogens with zero attached hydrogens (tertiary/aromatic N) is 2. The monoisotopic (exact) mass is 557 g/mol. The van der Waals surface area contributed by atoms with Crippen molar-refractivity contribution in [2.24, 2.45) is 4.99 Å². The predicted octanol–water partition coefficient (Wildman–Crippen LogP) is 4.19. The lowest BCUT2D eigenvalue weighted by molar-refractivity contribution is 0.00990. The van der Waals surface area contributed by atoms with E-state index in [1.165, 1.54) is 12.1 Å². The van der Waals surface area contributed by atoms with Crippen molar-refractivity contribution in [2.75, 3.05) is 40.0 Å². The summed E-state index contributed by atoms with van der Waals surface area (Å²) in [6.07, 6.45) is 3.22. The van der Waals surface area contributed by atoms with Crippen LogP contribution in [0.3, 0.4) is 0 Å². The molecular weight excluding hydrogens is 528 g/mol. The van der Waals surface area contributed by atoms with Gasteiger partial charge >= 0.3 is 0 Å². The molecule has 154 valence electrons. The molecule has 1 aliphatic heterocycles. The largest absolute Gasteiger partial charge is 0.385 e. The van der Waals surface area contributed by atoms with Gasteiger partial charge < -0.3 is 19.7 Å². The minimum Gasteiger partial charge on any atom is -0.385 e. The first kappa shape index (κ1) is 24.6. The van der Waals surface area contributed by atoms with Crippen molar-refractivity contribution < 1.29 is 13.9 Å². The molecule has 1 heterocycles. The lowest BCUT2D eigenvalue weighted by Crippen LogP contribution is -2.47. The van der Waals surface area contributed by atoms with E-state index in [2.05, 4.69) is 33.1 Å². The summed E-state index contributed by atoms with van der Waals surface area (Å²) in [7, 11) is 1.71. The highest BCUT2D eigenvalue weighted by atomic mass is 127. The first-order valence-corrected chi connectivity index (χ1v) is 10.0. The maximum absolute atomic E-state index is 13.5. The molecule has 1 aromatic carbocycles. The summed E-state index contributed by atoms with van der Waals surface area (Å²) < 4.78 is 25.3. The molecule has 0 atom stereocenters. The highest BCUT2D eigenvalue weighted by Crippen LogP contribution is 2.19. The molecule has 1 aliphatic rings. The zero-order valence-electron chi connectivity index (χ0n) is 16.0. The van der Waals surface area contributed by atoms with E-state index in [0.29, 0.717) is 12.6 Å². The van der Waals surface area contributed by atoms with Gasteiger partial charge in [-0.05, 0) is 49.9 Å².